The normalized spacial score (nSPS) is 11.2. The van der Waals surface area contributed by atoms with E-state index in [2.05, 4.69) is 36.4 Å². The van der Waals surface area contributed by atoms with Crippen LogP contribution in [0, 0.1) is 0 Å². The second-order valence-electron chi connectivity index (χ2n) is 4.70. The molecule has 1 amide bonds. The number of amides is 1. The number of aromatic amines is 1. The van der Waals surface area contributed by atoms with Crippen LogP contribution in [0.5, 0.6) is 0 Å². The van der Waals surface area contributed by atoms with Crippen molar-refractivity contribution in [3.8, 4) is 0 Å². The molecular formula is C16H13BrN4OS. The Morgan fingerprint density at radius 3 is 3.00 bits per heavy atom. The Balaban J connectivity index is 1.51. The van der Waals surface area contributed by atoms with Gasteiger partial charge in [-0.25, -0.2) is 10.4 Å². The van der Waals surface area contributed by atoms with Gasteiger partial charge in [0.1, 0.15) is 0 Å². The fourth-order valence-corrected chi connectivity index (χ4v) is 3.02. The van der Waals surface area contributed by atoms with Gasteiger partial charge in [0.25, 0.3) is 5.91 Å². The molecule has 0 bridgehead atoms. The molecule has 3 rings (SSSR count). The molecule has 0 aliphatic heterocycles. The second-order valence-corrected chi connectivity index (χ2v) is 6.58. The topological polar surface area (TPSA) is 70.1 Å². The maximum Gasteiger partial charge on any atom is 0.250 e. The van der Waals surface area contributed by atoms with Gasteiger partial charge in [-0.3, -0.25) is 4.79 Å². The number of benzene rings is 2. The van der Waals surface area contributed by atoms with Crippen LogP contribution in [0.2, 0.25) is 0 Å². The number of nitrogens with one attached hydrogen (secondary N) is 2. The summed E-state index contributed by atoms with van der Waals surface area (Å²) in [6, 6.07) is 15.4. The molecule has 0 aliphatic rings. The first kappa shape index (κ1) is 15.8. The van der Waals surface area contributed by atoms with Gasteiger partial charge < -0.3 is 4.98 Å². The SMILES string of the molecule is O=C(CSc1nc2ccccc2[nH]1)NN=Cc1cccc(Br)c1. The monoisotopic (exact) mass is 388 g/mol. The number of fused-ring (bicyclic) bond motifs is 1. The van der Waals surface area contributed by atoms with Crippen molar-refractivity contribution < 1.29 is 4.79 Å². The number of thioether (sulfide) groups is 1. The Hall–Kier alpha value is -2.12. The number of aromatic nitrogens is 2. The smallest absolute Gasteiger partial charge is 0.250 e. The van der Waals surface area contributed by atoms with Crippen LogP contribution in [0.25, 0.3) is 11.0 Å². The minimum absolute atomic E-state index is 0.179. The van der Waals surface area contributed by atoms with E-state index in [1.54, 1.807) is 6.21 Å². The van der Waals surface area contributed by atoms with E-state index < -0.39 is 0 Å². The molecule has 0 aliphatic carbocycles. The van der Waals surface area contributed by atoms with Gasteiger partial charge in [0.15, 0.2) is 5.16 Å². The summed E-state index contributed by atoms with van der Waals surface area (Å²) in [7, 11) is 0. The van der Waals surface area contributed by atoms with Crippen LogP contribution in [-0.2, 0) is 4.79 Å². The van der Waals surface area contributed by atoms with Crippen LogP contribution in [0.15, 0.2) is 63.3 Å². The summed E-state index contributed by atoms with van der Waals surface area (Å²) in [5, 5.41) is 4.67. The summed E-state index contributed by atoms with van der Waals surface area (Å²) in [5.41, 5.74) is 5.27. The zero-order chi connectivity index (χ0) is 16.1. The molecule has 1 heterocycles. The van der Waals surface area contributed by atoms with E-state index >= 15 is 0 Å². The summed E-state index contributed by atoms with van der Waals surface area (Å²) in [4.78, 5) is 19.4. The lowest BCUT2D eigenvalue weighted by atomic mass is 10.2. The highest BCUT2D eigenvalue weighted by molar-refractivity contribution is 9.10. The summed E-state index contributed by atoms with van der Waals surface area (Å²) in [6.45, 7) is 0. The average Bonchev–Trinajstić information content (AvgIpc) is 2.96. The quantitative estimate of drug-likeness (QED) is 0.398. The highest BCUT2D eigenvalue weighted by atomic mass is 79.9. The van der Waals surface area contributed by atoms with Crippen LogP contribution >= 0.6 is 27.7 Å². The summed E-state index contributed by atoms with van der Waals surface area (Å²) < 4.78 is 0.966. The van der Waals surface area contributed by atoms with Crippen molar-refractivity contribution in [2.24, 2.45) is 5.10 Å². The first-order valence-electron chi connectivity index (χ1n) is 6.86. The van der Waals surface area contributed by atoms with E-state index in [0.29, 0.717) is 0 Å². The molecule has 0 saturated heterocycles. The Kier molecular flexibility index (Phi) is 5.09. The van der Waals surface area contributed by atoms with E-state index in [1.165, 1.54) is 11.8 Å². The molecule has 0 fully saturated rings. The number of carbonyl (C=O) groups is 1. The molecule has 0 spiro atoms. The number of halogens is 1. The summed E-state index contributed by atoms with van der Waals surface area (Å²) >= 11 is 4.73. The van der Waals surface area contributed by atoms with Gasteiger partial charge in [0.2, 0.25) is 0 Å². The Morgan fingerprint density at radius 2 is 2.17 bits per heavy atom. The standard InChI is InChI=1S/C16H13BrN4OS/c17-12-5-3-4-11(8-12)9-18-21-15(22)10-23-16-19-13-6-1-2-7-14(13)20-16/h1-9H,10H2,(H,19,20)(H,21,22). The van der Waals surface area contributed by atoms with Gasteiger partial charge in [-0.1, -0.05) is 52.0 Å². The molecule has 3 aromatic rings. The minimum Gasteiger partial charge on any atom is -0.333 e. The molecule has 2 N–H and O–H groups in total. The van der Waals surface area contributed by atoms with E-state index in [1.807, 2.05) is 48.5 Å². The number of rotatable bonds is 5. The fraction of sp³-hybridized carbons (Fsp3) is 0.0625. The van der Waals surface area contributed by atoms with Crippen molar-refractivity contribution in [1.82, 2.24) is 15.4 Å². The third-order valence-electron chi connectivity index (χ3n) is 2.96. The van der Waals surface area contributed by atoms with Crippen LogP contribution in [0.4, 0.5) is 0 Å². The maximum absolute atomic E-state index is 11.8. The van der Waals surface area contributed by atoms with E-state index in [4.69, 9.17) is 0 Å². The van der Waals surface area contributed by atoms with Gasteiger partial charge in [0, 0.05) is 4.47 Å². The minimum atomic E-state index is -0.179. The molecule has 0 unspecified atom stereocenters. The number of hydrazone groups is 1. The predicted molar refractivity (Wildman–Crippen MR) is 96.7 cm³/mol. The Bertz CT molecular complexity index is 829. The summed E-state index contributed by atoms with van der Waals surface area (Å²) in [6.07, 6.45) is 1.61. The van der Waals surface area contributed by atoms with Crippen molar-refractivity contribution in [3.05, 3.63) is 58.6 Å². The Labute approximate surface area is 145 Å². The lowest BCUT2D eigenvalue weighted by molar-refractivity contribution is -0.118. The van der Waals surface area contributed by atoms with Gasteiger partial charge in [-0.2, -0.15) is 5.10 Å². The molecule has 5 nitrogen and oxygen atoms in total. The van der Waals surface area contributed by atoms with Gasteiger partial charge >= 0.3 is 0 Å². The fourth-order valence-electron chi connectivity index (χ4n) is 1.93. The lowest BCUT2D eigenvalue weighted by Gasteiger charge is -1.98. The van der Waals surface area contributed by atoms with Crippen LogP contribution < -0.4 is 5.43 Å². The number of imidazole rings is 1. The number of para-hydroxylation sites is 2. The van der Waals surface area contributed by atoms with Gasteiger partial charge in [-0.05, 0) is 29.8 Å². The molecule has 7 heteroatoms. The van der Waals surface area contributed by atoms with Crippen LogP contribution in [0.1, 0.15) is 5.56 Å². The highest BCUT2D eigenvalue weighted by Crippen LogP contribution is 2.18. The van der Waals surface area contributed by atoms with E-state index in [0.717, 1.165) is 26.2 Å². The van der Waals surface area contributed by atoms with Crippen LogP contribution in [-0.4, -0.2) is 27.8 Å². The first-order valence-corrected chi connectivity index (χ1v) is 8.63. The highest BCUT2D eigenvalue weighted by Gasteiger charge is 2.06. The zero-order valence-electron chi connectivity index (χ0n) is 12.0. The number of H-pyrrole nitrogens is 1. The third kappa shape index (κ3) is 4.43. The lowest BCUT2D eigenvalue weighted by Crippen LogP contribution is -2.19. The number of hydrogen-bond acceptors (Lipinski definition) is 4. The molecule has 0 atom stereocenters. The molecular weight excluding hydrogens is 376 g/mol. The molecule has 116 valence electrons. The van der Waals surface area contributed by atoms with E-state index in [9.17, 15) is 4.79 Å². The molecule has 0 saturated carbocycles. The largest absolute Gasteiger partial charge is 0.333 e. The van der Waals surface area contributed by atoms with Crippen molar-refractivity contribution in [1.29, 1.82) is 0 Å². The van der Waals surface area contributed by atoms with Crippen LogP contribution in [0.3, 0.4) is 0 Å². The van der Waals surface area contributed by atoms with Gasteiger partial charge in [-0.15, -0.1) is 0 Å². The third-order valence-corrected chi connectivity index (χ3v) is 4.33. The number of nitrogens with zero attached hydrogens (tertiary/aromatic N) is 2. The summed E-state index contributed by atoms with van der Waals surface area (Å²) in [5.74, 6) is 0.0667. The van der Waals surface area contributed by atoms with Crippen molar-refractivity contribution in [2.75, 3.05) is 5.75 Å². The second kappa shape index (κ2) is 7.43. The molecule has 2 aromatic carbocycles. The van der Waals surface area contributed by atoms with E-state index in [-0.39, 0.29) is 11.7 Å². The van der Waals surface area contributed by atoms with Crippen molar-refractivity contribution >= 4 is 50.8 Å². The molecule has 23 heavy (non-hydrogen) atoms. The maximum atomic E-state index is 11.8. The Morgan fingerprint density at radius 1 is 1.30 bits per heavy atom. The zero-order valence-corrected chi connectivity index (χ0v) is 14.4. The molecule has 0 radical (unpaired) electrons. The number of hydrogen-bond donors (Lipinski definition) is 2. The van der Waals surface area contributed by atoms with Crippen molar-refractivity contribution in [2.45, 2.75) is 5.16 Å². The first-order chi connectivity index (χ1) is 11.2. The van der Waals surface area contributed by atoms with Crippen molar-refractivity contribution in [3.63, 3.8) is 0 Å². The van der Waals surface area contributed by atoms with Gasteiger partial charge in [0.05, 0.1) is 23.0 Å². The molecule has 1 aromatic heterocycles. The number of carbonyl (C=O) groups excluding carboxylic acids is 1. The predicted octanol–water partition coefficient (Wildman–Crippen LogP) is 3.57. The average molecular weight is 389 g/mol.